The Morgan fingerprint density at radius 3 is 3.05 bits per heavy atom. The second kappa shape index (κ2) is 4.99. The van der Waals surface area contributed by atoms with Gasteiger partial charge in [0.2, 0.25) is 0 Å². The number of nitrogens with zero attached hydrogens (tertiary/aromatic N) is 2. The van der Waals surface area contributed by atoms with Gasteiger partial charge in [0.05, 0.1) is 16.2 Å². The Hall–Kier alpha value is -1.31. The summed E-state index contributed by atoms with van der Waals surface area (Å²) in [5.41, 5.74) is 1.82. The van der Waals surface area contributed by atoms with Crippen molar-refractivity contribution in [3.63, 3.8) is 0 Å². The Morgan fingerprint density at radius 2 is 2.32 bits per heavy atom. The molecule has 3 heterocycles. The van der Waals surface area contributed by atoms with Gasteiger partial charge in [-0.3, -0.25) is 9.36 Å². The standard InChI is InChI=1S/C12H11N3OS3/c1-7-13-8(6-19-7)2-4-15-11(16)10-9(3-5-18-10)14-12(15)17/h3,5-6H,2,4H2,1H3,(H,14,17). The lowest BCUT2D eigenvalue weighted by Gasteiger charge is -2.04. The number of H-pyrrole nitrogens is 1. The molecule has 0 unspecified atom stereocenters. The molecule has 4 nitrogen and oxygen atoms in total. The lowest BCUT2D eigenvalue weighted by molar-refractivity contribution is 0.646. The van der Waals surface area contributed by atoms with Crippen LogP contribution in [0.3, 0.4) is 0 Å². The number of thiazole rings is 1. The first-order valence-electron chi connectivity index (χ1n) is 5.76. The SMILES string of the molecule is Cc1nc(CCn2c(=S)[nH]c3ccsc3c2=O)cs1. The van der Waals surface area contributed by atoms with E-state index in [1.54, 1.807) is 15.9 Å². The van der Waals surface area contributed by atoms with Crippen LogP contribution in [0.2, 0.25) is 0 Å². The van der Waals surface area contributed by atoms with Crippen LogP contribution in [0.25, 0.3) is 10.2 Å². The highest BCUT2D eigenvalue weighted by atomic mass is 32.1. The van der Waals surface area contributed by atoms with Gasteiger partial charge in [-0.1, -0.05) is 0 Å². The van der Waals surface area contributed by atoms with E-state index in [1.807, 2.05) is 23.8 Å². The van der Waals surface area contributed by atoms with Gasteiger partial charge in [-0.2, -0.15) is 0 Å². The zero-order chi connectivity index (χ0) is 13.4. The molecule has 7 heteroatoms. The Morgan fingerprint density at radius 1 is 1.47 bits per heavy atom. The third-order valence-corrected chi connectivity index (χ3v) is 4.90. The molecule has 0 amide bonds. The normalized spacial score (nSPS) is 11.2. The lowest BCUT2D eigenvalue weighted by atomic mass is 10.3. The van der Waals surface area contributed by atoms with Crippen LogP contribution in [0.1, 0.15) is 10.7 Å². The first kappa shape index (κ1) is 12.7. The molecule has 3 aromatic rings. The Bertz CT molecular complexity index is 840. The quantitative estimate of drug-likeness (QED) is 0.756. The molecular weight excluding hydrogens is 298 g/mol. The summed E-state index contributed by atoms with van der Waals surface area (Å²) in [5, 5.41) is 4.96. The maximum atomic E-state index is 12.3. The smallest absolute Gasteiger partial charge is 0.272 e. The van der Waals surface area contributed by atoms with Crippen molar-refractivity contribution in [1.82, 2.24) is 14.5 Å². The molecular formula is C12H11N3OS3. The topological polar surface area (TPSA) is 50.7 Å². The van der Waals surface area contributed by atoms with Crippen LogP contribution in [0.4, 0.5) is 0 Å². The molecule has 0 bridgehead atoms. The van der Waals surface area contributed by atoms with E-state index in [9.17, 15) is 4.79 Å². The molecule has 3 rings (SSSR count). The van der Waals surface area contributed by atoms with Crippen molar-refractivity contribution in [2.24, 2.45) is 0 Å². The van der Waals surface area contributed by atoms with Gasteiger partial charge in [-0.15, -0.1) is 22.7 Å². The van der Waals surface area contributed by atoms with E-state index >= 15 is 0 Å². The molecule has 19 heavy (non-hydrogen) atoms. The van der Waals surface area contributed by atoms with Crippen LogP contribution in [0.15, 0.2) is 21.6 Å². The van der Waals surface area contributed by atoms with E-state index < -0.39 is 0 Å². The van der Waals surface area contributed by atoms with Crippen LogP contribution in [0, 0.1) is 11.7 Å². The van der Waals surface area contributed by atoms with Crippen molar-refractivity contribution in [3.8, 4) is 0 Å². The zero-order valence-electron chi connectivity index (χ0n) is 10.2. The minimum absolute atomic E-state index is 0.0132. The van der Waals surface area contributed by atoms with Crippen LogP contribution in [-0.4, -0.2) is 14.5 Å². The maximum Gasteiger partial charge on any atom is 0.272 e. The number of thiophene rings is 1. The van der Waals surface area contributed by atoms with Gasteiger partial charge in [-0.05, 0) is 30.6 Å². The summed E-state index contributed by atoms with van der Waals surface area (Å²) >= 11 is 8.31. The minimum atomic E-state index is -0.0132. The first-order valence-corrected chi connectivity index (χ1v) is 7.93. The van der Waals surface area contributed by atoms with E-state index in [1.165, 1.54) is 11.3 Å². The third kappa shape index (κ3) is 2.41. The molecule has 0 aromatic carbocycles. The van der Waals surface area contributed by atoms with Crippen LogP contribution in [0.5, 0.6) is 0 Å². The van der Waals surface area contributed by atoms with Crippen molar-refractivity contribution in [1.29, 1.82) is 0 Å². The van der Waals surface area contributed by atoms with E-state index in [2.05, 4.69) is 9.97 Å². The van der Waals surface area contributed by atoms with Gasteiger partial charge >= 0.3 is 0 Å². The Labute approximate surface area is 122 Å². The van der Waals surface area contributed by atoms with Crippen LogP contribution < -0.4 is 5.56 Å². The predicted molar refractivity (Wildman–Crippen MR) is 81.8 cm³/mol. The van der Waals surface area contributed by atoms with Gasteiger partial charge in [0.1, 0.15) is 4.70 Å². The van der Waals surface area contributed by atoms with E-state index in [0.29, 0.717) is 11.3 Å². The van der Waals surface area contributed by atoms with Gasteiger partial charge in [0, 0.05) is 18.3 Å². The third-order valence-electron chi connectivity index (χ3n) is 2.85. The highest BCUT2D eigenvalue weighted by molar-refractivity contribution is 7.71. The molecule has 0 spiro atoms. The maximum absolute atomic E-state index is 12.3. The van der Waals surface area contributed by atoms with Crippen molar-refractivity contribution >= 4 is 45.1 Å². The van der Waals surface area contributed by atoms with E-state index in [0.717, 1.165) is 27.3 Å². The highest BCUT2D eigenvalue weighted by Crippen LogP contribution is 2.14. The molecule has 0 atom stereocenters. The first-order chi connectivity index (χ1) is 9.15. The number of nitrogens with one attached hydrogen (secondary N) is 1. The van der Waals surface area contributed by atoms with Gasteiger partial charge in [-0.25, -0.2) is 4.98 Å². The molecule has 0 saturated heterocycles. The number of hydrogen-bond acceptors (Lipinski definition) is 5. The predicted octanol–water partition coefficient (Wildman–Crippen LogP) is 3.13. The summed E-state index contributed by atoms with van der Waals surface area (Å²) in [5.74, 6) is 0. The number of fused-ring (bicyclic) bond motifs is 1. The largest absolute Gasteiger partial charge is 0.331 e. The fourth-order valence-electron chi connectivity index (χ4n) is 1.92. The Kier molecular flexibility index (Phi) is 3.34. The van der Waals surface area contributed by atoms with Crippen LogP contribution in [-0.2, 0) is 13.0 Å². The van der Waals surface area contributed by atoms with E-state index in [4.69, 9.17) is 12.2 Å². The fourth-order valence-corrected chi connectivity index (χ4v) is 3.65. The monoisotopic (exact) mass is 309 g/mol. The number of aromatic amines is 1. The summed E-state index contributed by atoms with van der Waals surface area (Å²) in [6.45, 7) is 2.54. The summed E-state index contributed by atoms with van der Waals surface area (Å²) in [7, 11) is 0. The number of aromatic nitrogens is 3. The number of hydrogen-bond donors (Lipinski definition) is 1. The summed E-state index contributed by atoms with van der Waals surface area (Å²) in [6.07, 6.45) is 0.721. The molecule has 0 radical (unpaired) electrons. The molecule has 0 aliphatic heterocycles. The Balaban J connectivity index is 1.96. The van der Waals surface area contributed by atoms with Crippen molar-refractivity contribution in [2.45, 2.75) is 19.9 Å². The van der Waals surface area contributed by atoms with Gasteiger partial charge in [0.15, 0.2) is 4.77 Å². The zero-order valence-corrected chi connectivity index (χ0v) is 12.6. The number of rotatable bonds is 3. The van der Waals surface area contributed by atoms with Gasteiger partial charge < -0.3 is 4.98 Å². The van der Waals surface area contributed by atoms with E-state index in [-0.39, 0.29) is 5.56 Å². The summed E-state index contributed by atoms with van der Waals surface area (Å²) < 4.78 is 2.81. The highest BCUT2D eigenvalue weighted by Gasteiger charge is 2.07. The molecule has 3 aromatic heterocycles. The molecule has 98 valence electrons. The molecule has 0 aliphatic rings. The lowest BCUT2D eigenvalue weighted by Crippen LogP contribution is -2.22. The molecule has 0 saturated carbocycles. The second-order valence-corrected chi connectivity index (χ2v) is 6.52. The van der Waals surface area contributed by atoms with Crippen LogP contribution >= 0.6 is 34.9 Å². The average Bonchev–Trinajstić information content (AvgIpc) is 2.98. The average molecular weight is 309 g/mol. The summed E-state index contributed by atoms with van der Waals surface area (Å²) in [6, 6.07) is 1.88. The van der Waals surface area contributed by atoms with Crippen molar-refractivity contribution in [3.05, 3.63) is 42.7 Å². The van der Waals surface area contributed by atoms with Crippen molar-refractivity contribution in [2.75, 3.05) is 0 Å². The molecule has 0 fully saturated rings. The molecule has 1 N–H and O–H groups in total. The van der Waals surface area contributed by atoms with Crippen molar-refractivity contribution < 1.29 is 0 Å². The number of aryl methyl sites for hydroxylation is 2. The fraction of sp³-hybridized carbons (Fsp3) is 0.250. The summed E-state index contributed by atoms with van der Waals surface area (Å²) in [4.78, 5) is 19.8. The minimum Gasteiger partial charge on any atom is -0.331 e. The second-order valence-electron chi connectivity index (χ2n) is 4.16. The molecule has 0 aliphatic carbocycles. The van der Waals surface area contributed by atoms with Gasteiger partial charge in [0.25, 0.3) is 5.56 Å².